The maximum absolute atomic E-state index is 11.1. The first-order chi connectivity index (χ1) is 8.67. The molecule has 0 atom stereocenters. The average Bonchev–Trinajstić information content (AvgIpc) is 2.42. The number of carbonyl (C=O) groups excluding carboxylic acids is 2. The minimum absolute atomic E-state index is 0.272. The molecule has 1 rings (SSSR count). The van der Waals surface area contributed by atoms with Crippen molar-refractivity contribution < 1.29 is 19.1 Å². The van der Waals surface area contributed by atoms with Crippen LogP contribution in [0.5, 0.6) is 0 Å². The van der Waals surface area contributed by atoms with Gasteiger partial charge in [-0.15, -0.1) is 0 Å². The van der Waals surface area contributed by atoms with Crippen LogP contribution < -0.4 is 0 Å². The SMILES string of the molecule is COC(=O)C#Cc1ccccc1CCC(=O)OC. The van der Waals surface area contributed by atoms with E-state index in [0.717, 1.165) is 5.56 Å². The first-order valence-corrected chi connectivity index (χ1v) is 5.42. The molecule has 0 amide bonds. The predicted molar refractivity (Wildman–Crippen MR) is 65.7 cm³/mol. The molecular weight excluding hydrogens is 232 g/mol. The van der Waals surface area contributed by atoms with Gasteiger partial charge in [-0.3, -0.25) is 4.79 Å². The summed E-state index contributed by atoms with van der Waals surface area (Å²) >= 11 is 0. The Labute approximate surface area is 106 Å². The highest BCUT2D eigenvalue weighted by atomic mass is 16.5. The smallest absolute Gasteiger partial charge is 0.384 e. The van der Waals surface area contributed by atoms with Gasteiger partial charge in [0.05, 0.1) is 14.2 Å². The molecule has 18 heavy (non-hydrogen) atoms. The molecule has 1 aromatic rings. The predicted octanol–water partition coefficient (Wildman–Crippen LogP) is 1.32. The Bertz CT molecular complexity index is 494. The molecule has 0 aliphatic rings. The van der Waals surface area contributed by atoms with E-state index in [9.17, 15) is 9.59 Å². The normalized spacial score (nSPS) is 9.00. The third kappa shape index (κ3) is 4.30. The van der Waals surface area contributed by atoms with Crippen molar-refractivity contribution in [3.63, 3.8) is 0 Å². The van der Waals surface area contributed by atoms with E-state index in [4.69, 9.17) is 0 Å². The summed E-state index contributed by atoms with van der Waals surface area (Å²) < 4.78 is 9.02. The van der Waals surface area contributed by atoms with Crippen molar-refractivity contribution in [3.05, 3.63) is 35.4 Å². The van der Waals surface area contributed by atoms with Gasteiger partial charge in [-0.1, -0.05) is 24.1 Å². The maximum Gasteiger partial charge on any atom is 0.384 e. The van der Waals surface area contributed by atoms with Gasteiger partial charge in [-0.25, -0.2) is 4.79 Å². The number of rotatable bonds is 3. The molecule has 0 aromatic heterocycles. The summed E-state index contributed by atoms with van der Waals surface area (Å²) in [4.78, 5) is 22.0. The molecule has 4 heteroatoms. The Morgan fingerprint density at radius 3 is 2.56 bits per heavy atom. The highest BCUT2D eigenvalue weighted by Gasteiger charge is 2.04. The molecular formula is C14H14O4. The Morgan fingerprint density at radius 2 is 1.89 bits per heavy atom. The minimum atomic E-state index is -0.585. The van der Waals surface area contributed by atoms with Gasteiger partial charge in [0.25, 0.3) is 0 Å². The van der Waals surface area contributed by atoms with E-state index >= 15 is 0 Å². The number of aryl methyl sites for hydroxylation is 1. The molecule has 0 fully saturated rings. The standard InChI is InChI=1S/C14H14O4/c1-17-13(15)9-7-11-5-3-4-6-12(11)8-10-14(16)18-2/h3-6H,7,9H2,1-2H3. The van der Waals surface area contributed by atoms with Gasteiger partial charge < -0.3 is 9.47 Å². The van der Waals surface area contributed by atoms with E-state index in [1.165, 1.54) is 14.2 Å². The minimum Gasteiger partial charge on any atom is -0.469 e. The lowest BCUT2D eigenvalue weighted by Crippen LogP contribution is -2.03. The van der Waals surface area contributed by atoms with E-state index in [1.807, 2.05) is 18.2 Å². The molecule has 0 heterocycles. The second-order valence-corrected chi connectivity index (χ2v) is 3.47. The largest absolute Gasteiger partial charge is 0.469 e. The number of methoxy groups -OCH3 is 2. The Hall–Kier alpha value is -2.28. The van der Waals surface area contributed by atoms with E-state index < -0.39 is 5.97 Å². The zero-order chi connectivity index (χ0) is 13.4. The Balaban J connectivity index is 2.81. The monoisotopic (exact) mass is 246 g/mol. The summed E-state index contributed by atoms with van der Waals surface area (Å²) in [5.41, 5.74) is 1.62. The molecule has 0 bridgehead atoms. The summed E-state index contributed by atoms with van der Waals surface area (Å²) in [7, 11) is 2.63. The second kappa shape index (κ2) is 7.13. The molecule has 0 spiro atoms. The second-order valence-electron chi connectivity index (χ2n) is 3.47. The van der Waals surface area contributed by atoms with Crippen molar-refractivity contribution in [1.82, 2.24) is 0 Å². The van der Waals surface area contributed by atoms with Gasteiger partial charge in [-0.05, 0) is 18.1 Å². The highest BCUT2D eigenvalue weighted by molar-refractivity contribution is 5.89. The van der Waals surface area contributed by atoms with Crippen molar-refractivity contribution in [2.24, 2.45) is 0 Å². The first kappa shape index (κ1) is 13.8. The fourth-order valence-corrected chi connectivity index (χ4v) is 1.37. The van der Waals surface area contributed by atoms with E-state index in [2.05, 4.69) is 21.3 Å². The van der Waals surface area contributed by atoms with Gasteiger partial charge in [0.15, 0.2) is 0 Å². The molecule has 0 unspecified atom stereocenters. The van der Waals surface area contributed by atoms with Crippen LogP contribution in [-0.2, 0) is 25.5 Å². The number of ether oxygens (including phenoxy) is 2. The number of hydrogen-bond acceptors (Lipinski definition) is 4. The van der Waals surface area contributed by atoms with Crippen LogP contribution in [0.4, 0.5) is 0 Å². The topological polar surface area (TPSA) is 52.6 Å². The molecule has 0 aliphatic carbocycles. The summed E-state index contributed by atoms with van der Waals surface area (Å²) in [5.74, 6) is 4.23. The van der Waals surface area contributed by atoms with Crippen LogP contribution in [0.25, 0.3) is 0 Å². The van der Waals surface area contributed by atoms with E-state index in [-0.39, 0.29) is 12.4 Å². The highest BCUT2D eigenvalue weighted by Crippen LogP contribution is 2.10. The van der Waals surface area contributed by atoms with Crippen LogP contribution in [0.15, 0.2) is 24.3 Å². The van der Waals surface area contributed by atoms with Gasteiger partial charge in [0.1, 0.15) is 0 Å². The molecule has 4 nitrogen and oxygen atoms in total. The van der Waals surface area contributed by atoms with Crippen LogP contribution >= 0.6 is 0 Å². The fraction of sp³-hybridized carbons (Fsp3) is 0.286. The Morgan fingerprint density at radius 1 is 1.17 bits per heavy atom. The molecule has 94 valence electrons. The van der Waals surface area contributed by atoms with Crippen LogP contribution in [0.2, 0.25) is 0 Å². The van der Waals surface area contributed by atoms with Crippen molar-refractivity contribution in [3.8, 4) is 11.8 Å². The molecule has 0 saturated heterocycles. The van der Waals surface area contributed by atoms with Crippen LogP contribution in [0.1, 0.15) is 17.5 Å². The fourth-order valence-electron chi connectivity index (χ4n) is 1.37. The average molecular weight is 246 g/mol. The first-order valence-electron chi connectivity index (χ1n) is 5.42. The van der Waals surface area contributed by atoms with Crippen LogP contribution in [-0.4, -0.2) is 26.2 Å². The third-order valence-electron chi connectivity index (χ3n) is 2.33. The lowest BCUT2D eigenvalue weighted by atomic mass is 10.0. The summed E-state index contributed by atoms with van der Waals surface area (Å²) in [6, 6.07) is 7.34. The van der Waals surface area contributed by atoms with Crippen LogP contribution in [0.3, 0.4) is 0 Å². The van der Waals surface area contributed by atoms with Crippen molar-refractivity contribution in [2.75, 3.05) is 14.2 Å². The number of benzene rings is 1. The molecule has 0 aliphatic heterocycles. The van der Waals surface area contributed by atoms with Crippen molar-refractivity contribution >= 4 is 11.9 Å². The van der Waals surface area contributed by atoms with E-state index in [1.54, 1.807) is 6.07 Å². The van der Waals surface area contributed by atoms with Crippen LogP contribution in [0, 0.1) is 11.8 Å². The van der Waals surface area contributed by atoms with Crippen molar-refractivity contribution in [2.45, 2.75) is 12.8 Å². The lowest BCUT2D eigenvalue weighted by molar-refractivity contribution is -0.140. The van der Waals surface area contributed by atoms with Crippen molar-refractivity contribution in [1.29, 1.82) is 0 Å². The van der Waals surface area contributed by atoms with Gasteiger partial charge in [0, 0.05) is 17.9 Å². The summed E-state index contributed by atoms with van der Waals surface area (Å²) in [5, 5.41) is 0. The zero-order valence-corrected chi connectivity index (χ0v) is 10.4. The molecule has 1 aromatic carbocycles. The summed E-state index contributed by atoms with van der Waals surface area (Å²) in [6.45, 7) is 0. The Kier molecular flexibility index (Phi) is 5.46. The maximum atomic E-state index is 11.1. The van der Waals surface area contributed by atoms with Gasteiger partial charge in [-0.2, -0.15) is 0 Å². The quantitative estimate of drug-likeness (QED) is 0.596. The lowest BCUT2D eigenvalue weighted by Gasteiger charge is -2.03. The number of esters is 2. The van der Waals surface area contributed by atoms with Gasteiger partial charge in [0.2, 0.25) is 0 Å². The van der Waals surface area contributed by atoms with E-state index in [0.29, 0.717) is 12.0 Å². The molecule has 0 radical (unpaired) electrons. The molecule has 0 N–H and O–H groups in total. The number of carbonyl (C=O) groups is 2. The summed E-state index contributed by atoms with van der Waals surface area (Å²) in [6.07, 6.45) is 0.812. The third-order valence-corrected chi connectivity index (χ3v) is 2.33. The molecule has 0 saturated carbocycles. The van der Waals surface area contributed by atoms with Gasteiger partial charge >= 0.3 is 11.9 Å². The number of hydrogen-bond donors (Lipinski definition) is 0. The zero-order valence-electron chi connectivity index (χ0n) is 10.4.